The molecule has 0 atom stereocenters. The normalized spacial score (nSPS) is 11.2. The van der Waals surface area contributed by atoms with E-state index in [2.05, 4.69) is 24.1 Å². The van der Waals surface area contributed by atoms with Crippen molar-refractivity contribution in [3.8, 4) is 11.3 Å². The second-order valence-corrected chi connectivity index (χ2v) is 5.03. The van der Waals surface area contributed by atoms with Crippen LogP contribution in [0, 0.1) is 6.92 Å². The van der Waals surface area contributed by atoms with Gasteiger partial charge < -0.3 is 9.73 Å². The Morgan fingerprint density at radius 1 is 1.39 bits per heavy atom. The van der Waals surface area contributed by atoms with E-state index >= 15 is 0 Å². The summed E-state index contributed by atoms with van der Waals surface area (Å²) in [5.74, 6) is 0.782. The van der Waals surface area contributed by atoms with Gasteiger partial charge in [0, 0.05) is 23.2 Å². The Kier molecular flexibility index (Phi) is 4.04. The largest absolute Gasteiger partial charge is 0.443 e. The summed E-state index contributed by atoms with van der Waals surface area (Å²) < 4.78 is 5.47. The van der Waals surface area contributed by atoms with Gasteiger partial charge in [-0.1, -0.05) is 37.6 Å². The number of hydrogen-bond donors (Lipinski definition) is 1. The van der Waals surface area contributed by atoms with E-state index in [4.69, 9.17) is 16.0 Å². The summed E-state index contributed by atoms with van der Waals surface area (Å²) in [5, 5.41) is 4.07. The fourth-order valence-electron chi connectivity index (χ4n) is 1.66. The lowest BCUT2D eigenvalue weighted by atomic mass is 10.1. The van der Waals surface area contributed by atoms with Gasteiger partial charge in [0.1, 0.15) is 5.69 Å². The molecule has 0 fully saturated rings. The Hall–Kier alpha value is -1.32. The average Bonchev–Trinajstić information content (AvgIpc) is 2.78. The third-order valence-corrected chi connectivity index (χ3v) is 3.16. The predicted molar refractivity (Wildman–Crippen MR) is 73.7 cm³/mol. The molecule has 1 N–H and O–H groups in total. The van der Waals surface area contributed by atoms with Crippen molar-refractivity contribution in [1.29, 1.82) is 0 Å². The van der Waals surface area contributed by atoms with Gasteiger partial charge in [-0.15, -0.1) is 0 Å². The number of aromatic nitrogens is 1. The van der Waals surface area contributed by atoms with Gasteiger partial charge in [-0.3, -0.25) is 0 Å². The number of halogens is 1. The fraction of sp³-hybridized carbons (Fsp3) is 0.357. The number of aryl methyl sites for hydroxylation is 1. The van der Waals surface area contributed by atoms with E-state index in [0.717, 1.165) is 27.6 Å². The number of hydrogen-bond acceptors (Lipinski definition) is 3. The van der Waals surface area contributed by atoms with E-state index in [-0.39, 0.29) is 0 Å². The SMILES string of the molecule is Cc1ccc(-c2ocnc2CNC(C)C)cc1Cl. The summed E-state index contributed by atoms with van der Waals surface area (Å²) in [6, 6.07) is 6.31. The van der Waals surface area contributed by atoms with E-state index in [1.54, 1.807) is 0 Å². The number of nitrogens with one attached hydrogen (secondary N) is 1. The first-order valence-corrected chi connectivity index (χ1v) is 6.38. The highest BCUT2D eigenvalue weighted by Gasteiger charge is 2.11. The monoisotopic (exact) mass is 264 g/mol. The zero-order chi connectivity index (χ0) is 13.1. The minimum atomic E-state index is 0.413. The maximum absolute atomic E-state index is 6.13. The lowest BCUT2D eigenvalue weighted by Crippen LogP contribution is -2.22. The molecule has 2 rings (SSSR count). The standard InChI is InChI=1S/C14H17ClN2O/c1-9(2)16-7-13-14(18-8-17-13)11-5-4-10(3)12(15)6-11/h4-6,8-9,16H,7H2,1-3H3. The minimum Gasteiger partial charge on any atom is -0.443 e. The summed E-state index contributed by atoms with van der Waals surface area (Å²) >= 11 is 6.13. The maximum Gasteiger partial charge on any atom is 0.181 e. The molecule has 4 heteroatoms. The summed E-state index contributed by atoms with van der Waals surface area (Å²) in [4.78, 5) is 4.24. The van der Waals surface area contributed by atoms with Crippen LogP contribution in [0.2, 0.25) is 5.02 Å². The first-order valence-electron chi connectivity index (χ1n) is 6.00. The second kappa shape index (κ2) is 5.55. The van der Waals surface area contributed by atoms with Crippen molar-refractivity contribution in [2.45, 2.75) is 33.4 Å². The second-order valence-electron chi connectivity index (χ2n) is 4.63. The van der Waals surface area contributed by atoms with Gasteiger partial charge in [0.05, 0.1) is 0 Å². The van der Waals surface area contributed by atoms with Gasteiger partial charge in [-0.2, -0.15) is 0 Å². The fourth-order valence-corrected chi connectivity index (χ4v) is 1.85. The molecule has 0 saturated heterocycles. The van der Waals surface area contributed by atoms with E-state index in [9.17, 15) is 0 Å². The van der Waals surface area contributed by atoms with Gasteiger partial charge in [0.15, 0.2) is 12.2 Å². The molecule has 0 saturated carbocycles. The summed E-state index contributed by atoms with van der Waals surface area (Å²) in [6.45, 7) is 6.87. The van der Waals surface area contributed by atoms with Crippen molar-refractivity contribution in [2.24, 2.45) is 0 Å². The molecule has 18 heavy (non-hydrogen) atoms. The lowest BCUT2D eigenvalue weighted by Gasteiger charge is -2.07. The molecule has 0 amide bonds. The Labute approximate surface area is 112 Å². The molecule has 3 nitrogen and oxygen atoms in total. The van der Waals surface area contributed by atoms with Crippen molar-refractivity contribution < 1.29 is 4.42 Å². The smallest absolute Gasteiger partial charge is 0.181 e. The van der Waals surface area contributed by atoms with Crippen molar-refractivity contribution in [2.75, 3.05) is 0 Å². The maximum atomic E-state index is 6.13. The predicted octanol–water partition coefficient (Wildman–Crippen LogP) is 3.80. The highest BCUT2D eigenvalue weighted by Crippen LogP contribution is 2.27. The molecule has 0 bridgehead atoms. The van der Waals surface area contributed by atoms with E-state index < -0.39 is 0 Å². The van der Waals surface area contributed by atoms with Gasteiger partial charge in [0.2, 0.25) is 0 Å². The van der Waals surface area contributed by atoms with Crippen LogP contribution in [-0.4, -0.2) is 11.0 Å². The molecule has 1 heterocycles. The third kappa shape index (κ3) is 2.92. The van der Waals surface area contributed by atoms with Crippen molar-refractivity contribution in [3.05, 3.63) is 40.9 Å². The average molecular weight is 265 g/mol. The van der Waals surface area contributed by atoms with Crippen LogP contribution in [0.15, 0.2) is 29.0 Å². The molecule has 0 aliphatic heterocycles. The van der Waals surface area contributed by atoms with Gasteiger partial charge in [-0.05, 0) is 18.6 Å². The van der Waals surface area contributed by atoms with Crippen LogP contribution >= 0.6 is 11.6 Å². The molecule has 96 valence electrons. The van der Waals surface area contributed by atoms with E-state index in [0.29, 0.717) is 12.6 Å². The number of benzene rings is 1. The van der Waals surface area contributed by atoms with Gasteiger partial charge >= 0.3 is 0 Å². The summed E-state index contributed by atoms with van der Waals surface area (Å²) in [5.41, 5.74) is 2.93. The molecular weight excluding hydrogens is 248 g/mol. The van der Waals surface area contributed by atoms with Crippen LogP contribution in [0.3, 0.4) is 0 Å². The van der Waals surface area contributed by atoms with Crippen molar-refractivity contribution >= 4 is 11.6 Å². The highest BCUT2D eigenvalue weighted by atomic mass is 35.5. The quantitative estimate of drug-likeness (QED) is 0.913. The Morgan fingerprint density at radius 3 is 2.83 bits per heavy atom. The topological polar surface area (TPSA) is 38.1 Å². The molecule has 0 unspecified atom stereocenters. The van der Waals surface area contributed by atoms with Crippen molar-refractivity contribution in [1.82, 2.24) is 10.3 Å². The van der Waals surface area contributed by atoms with Crippen LogP contribution < -0.4 is 5.32 Å². The van der Waals surface area contributed by atoms with Crippen LogP contribution in [-0.2, 0) is 6.54 Å². The van der Waals surface area contributed by atoms with Crippen LogP contribution in [0.4, 0.5) is 0 Å². The van der Waals surface area contributed by atoms with E-state index in [1.807, 2.05) is 25.1 Å². The van der Waals surface area contributed by atoms with Gasteiger partial charge in [-0.25, -0.2) is 4.98 Å². The molecule has 0 aliphatic rings. The molecule has 1 aromatic carbocycles. The first-order chi connectivity index (χ1) is 8.58. The molecule has 1 aromatic heterocycles. The number of rotatable bonds is 4. The van der Waals surface area contributed by atoms with Crippen LogP contribution in [0.5, 0.6) is 0 Å². The third-order valence-electron chi connectivity index (χ3n) is 2.75. The Morgan fingerprint density at radius 2 is 2.17 bits per heavy atom. The summed E-state index contributed by atoms with van der Waals surface area (Å²) in [6.07, 6.45) is 1.47. The molecular formula is C14H17ClN2O. The Balaban J connectivity index is 2.27. The zero-order valence-corrected chi connectivity index (χ0v) is 11.6. The van der Waals surface area contributed by atoms with E-state index in [1.165, 1.54) is 6.39 Å². The van der Waals surface area contributed by atoms with Crippen molar-refractivity contribution in [3.63, 3.8) is 0 Å². The lowest BCUT2D eigenvalue weighted by molar-refractivity contribution is 0.563. The minimum absolute atomic E-state index is 0.413. The molecule has 0 aliphatic carbocycles. The molecule has 0 spiro atoms. The highest BCUT2D eigenvalue weighted by molar-refractivity contribution is 6.31. The van der Waals surface area contributed by atoms with Crippen LogP contribution in [0.1, 0.15) is 25.1 Å². The van der Waals surface area contributed by atoms with Crippen LogP contribution in [0.25, 0.3) is 11.3 Å². The Bertz CT molecular complexity index is 534. The molecule has 0 radical (unpaired) electrons. The first kappa shape index (κ1) is 13.1. The molecule has 2 aromatic rings. The summed E-state index contributed by atoms with van der Waals surface area (Å²) in [7, 11) is 0. The number of oxazole rings is 1. The van der Waals surface area contributed by atoms with Gasteiger partial charge in [0.25, 0.3) is 0 Å². The zero-order valence-electron chi connectivity index (χ0n) is 10.8. The number of nitrogens with zero attached hydrogens (tertiary/aromatic N) is 1.